The highest BCUT2D eigenvalue weighted by molar-refractivity contribution is 7.98. The van der Waals surface area contributed by atoms with Crippen molar-refractivity contribution in [1.82, 2.24) is 15.2 Å². The van der Waals surface area contributed by atoms with E-state index in [1.807, 2.05) is 36.4 Å². The van der Waals surface area contributed by atoms with Crippen molar-refractivity contribution in [1.29, 1.82) is 0 Å². The lowest BCUT2D eigenvalue weighted by molar-refractivity contribution is -0.128. The zero-order chi connectivity index (χ0) is 21.5. The minimum absolute atomic E-state index is 0.00718. The second kappa shape index (κ2) is 10.8. The average molecular weight is 439 g/mol. The van der Waals surface area contributed by atoms with Gasteiger partial charge >= 0.3 is 0 Å². The molecule has 1 aliphatic carbocycles. The number of carbonyl (C=O) groups excluding carboxylic acids is 2. The maximum atomic E-state index is 12.6. The summed E-state index contributed by atoms with van der Waals surface area (Å²) in [6.07, 6.45) is 6.13. The molecule has 1 aliphatic heterocycles. The maximum absolute atomic E-state index is 12.6. The van der Waals surface area contributed by atoms with Crippen LogP contribution < -0.4 is 10.6 Å². The van der Waals surface area contributed by atoms with Crippen molar-refractivity contribution >= 4 is 29.3 Å². The van der Waals surface area contributed by atoms with Gasteiger partial charge in [-0.3, -0.25) is 14.5 Å². The fraction of sp³-hybridized carbons (Fsp3) is 0.458. The van der Waals surface area contributed by atoms with E-state index in [9.17, 15) is 9.59 Å². The molecule has 2 fully saturated rings. The van der Waals surface area contributed by atoms with E-state index in [2.05, 4.69) is 26.6 Å². The Kier molecular flexibility index (Phi) is 7.59. The Balaban J connectivity index is 1.23. The van der Waals surface area contributed by atoms with E-state index in [1.54, 1.807) is 18.0 Å². The predicted octanol–water partition coefficient (Wildman–Crippen LogP) is 3.55. The number of benzene rings is 1. The monoisotopic (exact) mass is 438 g/mol. The van der Waals surface area contributed by atoms with Gasteiger partial charge in [-0.15, -0.1) is 11.8 Å². The van der Waals surface area contributed by atoms with Gasteiger partial charge in [0.05, 0.1) is 17.5 Å². The van der Waals surface area contributed by atoms with Gasteiger partial charge in [-0.05, 0) is 68.0 Å². The van der Waals surface area contributed by atoms with E-state index in [4.69, 9.17) is 0 Å². The number of anilines is 1. The second-order valence-corrected chi connectivity index (χ2v) is 9.46. The van der Waals surface area contributed by atoms with E-state index in [-0.39, 0.29) is 17.7 Å². The molecule has 1 saturated carbocycles. The smallest absolute Gasteiger partial charge is 0.238 e. The van der Waals surface area contributed by atoms with E-state index in [0.29, 0.717) is 19.0 Å². The largest absolute Gasteiger partial charge is 0.356 e. The molecule has 1 aromatic heterocycles. The van der Waals surface area contributed by atoms with Crippen LogP contribution >= 0.6 is 11.8 Å². The molecule has 31 heavy (non-hydrogen) atoms. The Morgan fingerprint density at radius 1 is 1.13 bits per heavy atom. The maximum Gasteiger partial charge on any atom is 0.238 e. The summed E-state index contributed by atoms with van der Waals surface area (Å²) in [6.45, 7) is 2.65. The summed E-state index contributed by atoms with van der Waals surface area (Å²) in [6, 6.07) is 13.8. The van der Waals surface area contributed by atoms with Crippen LogP contribution in [0.2, 0.25) is 0 Å². The molecule has 1 aromatic carbocycles. The molecular weight excluding hydrogens is 408 g/mol. The van der Waals surface area contributed by atoms with Gasteiger partial charge in [0.15, 0.2) is 0 Å². The lowest BCUT2D eigenvalue weighted by Gasteiger charge is -2.31. The van der Waals surface area contributed by atoms with Gasteiger partial charge in [-0.1, -0.05) is 18.2 Å². The topological polar surface area (TPSA) is 74.3 Å². The Morgan fingerprint density at radius 2 is 2.03 bits per heavy atom. The van der Waals surface area contributed by atoms with Gasteiger partial charge in [-0.25, -0.2) is 4.98 Å². The summed E-state index contributed by atoms with van der Waals surface area (Å²) < 4.78 is 0. The molecule has 164 valence electrons. The summed E-state index contributed by atoms with van der Waals surface area (Å²) in [4.78, 5) is 31.4. The van der Waals surface area contributed by atoms with Crippen LogP contribution in [-0.4, -0.2) is 47.9 Å². The lowest BCUT2D eigenvalue weighted by Crippen LogP contribution is -2.45. The minimum atomic E-state index is -0.0337. The number of hydrogen-bond donors (Lipinski definition) is 2. The first-order chi connectivity index (χ1) is 15.2. The Morgan fingerprint density at radius 3 is 2.84 bits per heavy atom. The van der Waals surface area contributed by atoms with Crippen LogP contribution in [0.1, 0.15) is 31.2 Å². The van der Waals surface area contributed by atoms with Crippen molar-refractivity contribution in [2.45, 2.75) is 36.5 Å². The number of carbonyl (C=O) groups is 2. The molecule has 1 atom stereocenters. The fourth-order valence-corrected chi connectivity index (χ4v) is 4.66. The van der Waals surface area contributed by atoms with Crippen molar-refractivity contribution in [3.63, 3.8) is 0 Å². The average Bonchev–Trinajstić information content (AvgIpc) is 3.62. The summed E-state index contributed by atoms with van der Waals surface area (Å²) in [5.41, 5.74) is 1.94. The molecule has 2 amide bonds. The molecule has 0 spiro atoms. The fourth-order valence-electron chi connectivity index (χ4n) is 3.86. The summed E-state index contributed by atoms with van der Waals surface area (Å²) in [5.74, 6) is 1.59. The van der Waals surface area contributed by atoms with Gasteiger partial charge in [-0.2, -0.15) is 0 Å². The van der Waals surface area contributed by atoms with Gasteiger partial charge < -0.3 is 10.6 Å². The Bertz CT molecular complexity index is 888. The quantitative estimate of drug-likeness (QED) is 0.586. The zero-order valence-electron chi connectivity index (χ0n) is 17.8. The van der Waals surface area contributed by atoms with Crippen LogP contribution in [-0.2, 0) is 15.3 Å². The number of piperidine rings is 1. The van der Waals surface area contributed by atoms with Crippen molar-refractivity contribution in [2.75, 3.05) is 31.5 Å². The van der Waals surface area contributed by atoms with Gasteiger partial charge in [0.1, 0.15) is 0 Å². The number of aromatic nitrogens is 1. The van der Waals surface area contributed by atoms with Crippen LogP contribution in [0.15, 0.2) is 53.7 Å². The zero-order valence-corrected chi connectivity index (χ0v) is 18.6. The van der Waals surface area contributed by atoms with E-state index in [1.165, 1.54) is 12.8 Å². The van der Waals surface area contributed by atoms with E-state index in [0.717, 1.165) is 48.0 Å². The Labute approximate surface area is 188 Å². The highest BCUT2D eigenvalue weighted by Gasteiger charge is 2.28. The number of nitrogens with one attached hydrogen (secondary N) is 2. The van der Waals surface area contributed by atoms with Crippen molar-refractivity contribution < 1.29 is 9.59 Å². The molecule has 1 unspecified atom stereocenters. The van der Waals surface area contributed by atoms with Crippen LogP contribution in [0.25, 0.3) is 0 Å². The number of likely N-dealkylation sites (tertiary alicyclic amines) is 1. The molecule has 7 heteroatoms. The minimum Gasteiger partial charge on any atom is -0.356 e. The molecule has 0 radical (unpaired) electrons. The number of thioether (sulfide) groups is 1. The third-order valence-corrected chi connectivity index (χ3v) is 6.76. The van der Waals surface area contributed by atoms with E-state index >= 15 is 0 Å². The number of pyridine rings is 1. The lowest BCUT2D eigenvalue weighted by atomic mass is 9.97. The Hall–Kier alpha value is -2.38. The number of rotatable bonds is 9. The number of nitrogens with zero attached hydrogens (tertiary/aromatic N) is 2. The molecule has 2 N–H and O–H groups in total. The first-order valence-corrected chi connectivity index (χ1v) is 12.1. The highest BCUT2D eigenvalue weighted by Crippen LogP contribution is 2.28. The molecule has 4 rings (SSSR count). The molecule has 6 nitrogen and oxygen atoms in total. The highest BCUT2D eigenvalue weighted by atomic mass is 32.2. The number of amides is 2. The molecule has 1 saturated heterocycles. The summed E-state index contributed by atoms with van der Waals surface area (Å²) in [7, 11) is 0. The number of hydrogen-bond acceptors (Lipinski definition) is 5. The first-order valence-electron chi connectivity index (χ1n) is 11.1. The normalized spacial score (nSPS) is 19.0. The van der Waals surface area contributed by atoms with Crippen LogP contribution in [0.5, 0.6) is 0 Å². The molecule has 0 bridgehead atoms. The van der Waals surface area contributed by atoms with Crippen LogP contribution in [0.4, 0.5) is 5.69 Å². The molecular formula is C24H30N4O2S. The standard InChI is InChI=1S/C24H30N4O2S/c29-22(16-28-12-4-6-20(15-28)24(30)26-14-18-9-10-18)27-21-7-3-5-19(13-21)17-31-23-8-1-2-11-25-23/h1-3,5,7-8,11,13,18,20H,4,6,9-10,12,14-17H2,(H,26,30)(H,27,29). The molecule has 2 heterocycles. The van der Waals surface area contributed by atoms with Gasteiger partial charge in [0.2, 0.25) is 11.8 Å². The van der Waals surface area contributed by atoms with E-state index < -0.39 is 0 Å². The second-order valence-electron chi connectivity index (χ2n) is 8.47. The third kappa shape index (κ3) is 7.08. The summed E-state index contributed by atoms with van der Waals surface area (Å²) in [5, 5.41) is 7.08. The predicted molar refractivity (Wildman–Crippen MR) is 124 cm³/mol. The van der Waals surface area contributed by atoms with Crippen LogP contribution in [0, 0.1) is 11.8 Å². The van der Waals surface area contributed by atoms with Gasteiger partial charge in [0.25, 0.3) is 0 Å². The SMILES string of the molecule is O=C(CN1CCCC(C(=O)NCC2CC2)C1)Nc1cccc(CSc2ccccn2)c1. The first kappa shape index (κ1) is 21.8. The third-order valence-electron chi connectivity index (χ3n) is 5.74. The molecule has 2 aromatic rings. The summed E-state index contributed by atoms with van der Waals surface area (Å²) >= 11 is 1.67. The molecule has 2 aliphatic rings. The van der Waals surface area contributed by atoms with Crippen LogP contribution in [0.3, 0.4) is 0 Å². The van der Waals surface area contributed by atoms with Crippen molar-refractivity contribution in [3.8, 4) is 0 Å². The van der Waals surface area contributed by atoms with Crippen molar-refractivity contribution in [3.05, 3.63) is 54.2 Å². The van der Waals surface area contributed by atoms with Crippen molar-refractivity contribution in [2.24, 2.45) is 11.8 Å². The van der Waals surface area contributed by atoms with Gasteiger partial charge in [0, 0.05) is 30.7 Å².